The van der Waals surface area contributed by atoms with E-state index in [4.69, 9.17) is 9.47 Å². The van der Waals surface area contributed by atoms with Gasteiger partial charge in [0, 0.05) is 33.9 Å². The minimum Gasteiger partial charge on any atom is -0.385 e. The molecule has 18 heavy (non-hydrogen) atoms. The Labute approximate surface area is 110 Å². The quantitative estimate of drug-likeness (QED) is 0.562. The van der Waals surface area contributed by atoms with E-state index >= 15 is 0 Å². The second-order valence-electron chi connectivity index (χ2n) is 5.13. The van der Waals surface area contributed by atoms with Crippen molar-refractivity contribution in [1.82, 2.24) is 10.6 Å². The Morgan fingerprint density at radius 3 is 2.50 bits per heavy atom. The van der Waals surface area contributed by atoms with Crippen LogP contribution in [0.25, 0.3) is 0 Å². The van der Waals surface area contributed by atoms with Gasteiger partial charge in [-0.05, 0) is 31.6 Å². The van der Waals surface area contributed by atoms with Crippen LogP contribution in [0.2, 0.25) is 0 Å². The van der Waals surface area contributed by atoms with E-state index in [0.717, 1.165) is 19.6 Å². The maximum absolute atomic E-state index is 11.7. The summed E-state index contributed by atoms with van der Waals surface area (Å²) in [7, 11) is 3.36. The van der Waals surface area contributed by atoms with Crippen molar-refractivity contribution in [3.8, 4) is 0 Å². The minimum atomic E-state index is -0.151. The first-order valence-electron chi connectivity index (χ1n) is 6.62. The highest BCUT2D eigenvalue weighted by Gasteiger charge is 2.41. The molecule has 5 nitrogen and oxygen atoms in total. The van der Waals surface area contributed by atoms with E-state index in [1.165, 1.54) is 12.8 Å². The normalized spacial score (nSPS) is 18.4. The van der Waals surface area contributed by atoms with Gasteiger partial charge < -0.3 is 20.1 Å². The molecule has 1 rings (SSSR count). The average molecular weight is 258 g/mol. The van der Waals surface area contributed by atoms with E-state index in [0.29, 0.717) is 18.6 Å². The molecule has 5 heteroatoms. The summed E-state index contributed by atoms with van der Waals surface area (Å²) in [4.78, 5) is 11.7. The molecule has 106 valence electrons. The van der Waals surface area contributed by atoms with Crippen molar-refractivity contribution in [2.24, 2.45) is 5.41 Å². The third-order valence-corrected chi connectivity index (χ3v) is 3.58. The number of hydrogen-bond donors (Lipinski definition) is 2. The van der Waals surface area contributed by atoms with Crippen molar-refractivity contribution in [2.45, 2.75) is 32.2 Å². The Morgan fingerprint density at radius 2 is 1.94 bits per heavy atom. The first-order chi connectivity index (χ1) is 8.63. The van der Waals surface area contributed by atoms with E-state index in [9.17, 15) is 4.79 Å². The summed E-state index contributed by atoms with van der Waals surface area (Å²) < 4.78 is 10.0. The summed E-state index contributed by atoms with van der Waals surface area (Å²) in [6.07, 6.45) is 3.55. The standard InChI is InChI=1S/C13H26N2O3/c1-11(12(16)14-7-9-18-3)15-10-13(4-5-13)6-8-17-2/h11,15H,4-10H2,1-3H3,(H,14,16). The molecule has 1 saturated carbocycles. The van der Waals surface area contributed by atoms with Crippen molar-refractivity contribution in [1.29, 1.82) is 0 Å². The van der Waals surface area contributed by atoms with E-state index < -0.39 is 0 Å². The zero-order valence-electron chi connectivity index (χ0n) is 11.8. The van der Waals surface area contributed by atoms with Gasteiger partial charge in [-0.2, -0.15) is 0 Å². The average Bonchev–Trinajstić information content (AvgIpc) is 3.14. The Hall–Kier alpha value is -0.650. The second kappa shape index (κ2) is 7.71. The first-order valence-corrected chi connectivity index (χ1v) is 6.62. The molecular formula is C13H26N2O3. The maximum atomic E-state index is 11.7. The van der Waals surface area contributed by atoms with Crippen LogP contribution < -0.4 is 10.6 Å². The van der Waals surface area contributed by atoms with Crippen LogP contribution in [-0.4, -0.2) is 52.5 Å². The molecule has 0 heterocycles. The largest absolute Gasteiger partial charge is 0.385 e. The molecule has 1 unspecified atom stereocenters. The lowest BCUT2D eigenvalue weighted by Gasteiger charge is -2.19. The number of nitrogens with one attached hydrogen (secondary N) is 2. The van der Waals surface area contributed by atoms with Gasteiger partial charge in [-0.1, -0.05) is 0 Å². The van der Waals surface area contributed by atoms with Crippen molar-refractivity contribution in [3.05, 3.63) is 0 Å². The highest BCUT2D eigenvalue weighted by Crippen LogP contribution is 2.48. The molecule has 0 spiro atoms. The fourth-order valence-corrected chi connectivity index (χ4v) is 1.90. The van der Waals surface area contributed by atoms with Crippen LogP contribution in [0.3, 0.4) is 0 Å². The van der Waals surface area contributed by atoms with E-state index in [1.807, 2.05) is 6.92 Å². The zero-order chi connectivity index (χ0) is 13.4. The number of rotatable bonds is 10. The topological polar surface area (TPSA) is 59.6 Å². The van der Waals surface area contributed by atoms with Crippen LogP contribution in [0.4, 0.5) is 0 Å². The Kier molecular flexibility index (Phi) is 6.60. The Bertz CT molecular complexity index is 255. The highest BCUT2D eigenvalue weighted by molar-refractivity contribution is 5.81. The maximum Gasteiger partial charge on any atom is 0.236 e. The fourth-order valence-electron chi connectivity index (χ4n) is 1.90. The summed E-state index contributed by atoms with van der Waals surface area (Å²) >= 11 is 0. The van der Waals surface area contributed by atoms with E-state index in [-0.39, 0.29) is 11.9 Å². The SMILES string of the molecule is COCCNC(=O)C(C)NCC1(CCOC)CC1. The van der Waals surface area contributed by atoms with Gasteiger partial charge in [-0.15, -0.1) is 0 Å². The van der Waals surface area contributed by atoms with Gasteiger partial charge in [0.2, 0.25) is 5.91 Å². The molecule has 1 amide bonds. The molecule has 1 aliphatic carbocycles. The van der Waals surface area contributed by atoms with Gasteiger partial charge >= 0.3 is 0 Å². The second-order valence-corrected chi connectivity index (χ2v) is 5.13. The fraction of sp³-hybridized carbons (Fsp3) is 0.923. The van der Waals surface area contributed by atoms with Gasteiger partial charge in [0.25, 0.3) is 0 Å². The van der Waals surface area contributed by atoms with Crippen LogP contribution in [0.5, 0.6) is 0 Å². The predicted molar refractivity (Wildman–Crippen MR) is 70.5 cm³/mol. The summed E-state index contributed by atoms with van der Waals surface area (Å²) in [6.45, 7) is 4.71. The highest BCUT2D eigenvalue weighted by atomic mass is 16.5. The number of methoxy groups -OCH3 is 2. The van der Waals surface area contributed by atoms with Crippen LogP contribution in [0.1, 0.15) is 26.2 Å². The minimum absolute atomic E-state index is 0.0367. The molecule has 0 radical (unpaired) electrons. The van der Waals surface area contributed by atoms with Crippen molar-refractivity contribution in [3.63, 3.8) is 0 Å². The molecule has 0 aromatic heterocycles. The molecule has 0 aromatic rings. The monoisotopic (exact) mass is 258 g/mol. The summed E-state index contributed by atoms with van der Waals surface area (Å²) in [5, 5.41) is 6.14. The Balaban J connectivity index is 2.15. The van der Waals surface area contributed by atoms with Crippen molar-refractivity contribution in [2.75, 3.05) is 40.5 Å². The van der Waals surface area contributed by atoms with Gasteiger partial charge in [-0.3, -0.25) is 4.79 Å². The third-order valence-electron chi connectivity index (χ3n) is 3.58. The summed E-state index contributed by atoms with van der Waals surface area (Å²) in [5.74, 6) is 0.0367. The van der Waals surface area contributed by atoms with Gasteiger partial charge in [0.15, 0.2) is 0 Å². The third kappa shape index (κ3) is 5.33. The first kappa shape index (κ1) is 15.4. The van der Waals surface area contributed by atoms with Crippen LogP contribution in [-0.2, 0) is 14.3 Å². The number of ether oxygens (including phenoxy) is 2. The molecule has 0 saturated heterocycles. The molecule has 1 atom stereocenters. The van der Waals surface area contributed by atoms with Gasteiger partial charge in [-0.25, -0.2) is 0 Å². The number of amides is 1. The van der Waals surface area contributed by atoms with Crippen LogP contribution in [0.15, 0.2) is 0 Å². The predicted octanol–water partition coefficient (Wildman–Crippen LogP) is 0.544. The van der Waals surface area contributed by atoms with E-state index in [1.54, 1.807) is 14.2 Å². The number of carbonyl (C=O) groups is 1. The lowest BCUT2D eigenvalue weighted by atomic mass is 10.0. The lowest BCUT2D eigenvalue weighted by Crippen LogP contribution is -2.45. The van der Waals surface area contributed by atoms with Crippen LogP contribution >= 0.6 is 0 Å². The molecule has 0 bridgehead atoms. The molecule has 1 fully saturated rings. The smallest absolute Gasteiger partial charge is 0.236 e. The van der Waals surface area contributed by atoms with Crippen molar-refractivity contribution < 1.29 is 14.3 Å². The number of hydrogen-bond acceptors (Lipinski definition) is 4. The zero-order valence-corrected chi connectivity index (χ0v) is 11.8. The molecular weight excluding hydrogens is 232 g/mol. The molecule has 1 aliphatic rings. The van der Waals surface area contributed by atoms with E-state index in [2.05, 4.69) is 10.6 Å². The molecule has 0 aromatic carbocycles. The van der Waals surface area contributed by atoms with Crippen LogP contribution in [0, 0.1) is 5.41 Å². The van der Waals surface area contributed by atoms with Crippen molar-refractivity contribution >= 4 is 5.91 Å². The summed E-state index contributed by atoms with van der Waals surface area (Å²) in [6, 6.07) is -0.151. The molecule has 2 N–H and O–H groups in total. The molecule has 0 aliphatic heterocycles. The summed E-state index contributed by atoms with van der Waals surface area (Å²) in [5.41, 5.74) is 0.372. The number of carbonyl (C=O) groups excluding carboxylic acids is 1. The van der Waals surface area contributed by atoms with Gasteiger partial charge in [0.05, 0.1) is 12.6 Å². The van der Waals surface area contributed by atoms with Gasteiger partial charge in [0.1, 0.15) is 0 Å². The Morgan fingerprint density at radius 1 is 1.28 bits per heavy atom. The lowest BCUT2D eigenvalue weighted by molar-refractivity contribution is -0.123.